The minimum atomic E-state index is -0.381. The largest absolute Gasteiger partial charge is 0.412 e. The van der Waals surface area contributed by atoms with Gasteiger partial charge in [-0.2, -0.15) is 0 Å². The third-order valence-electron chi connectivity index (χ3n) is 3.83. The van der Waals surface area contributed by atoms with Crippen LogP contribution in [-0.2, 0) is 6.42 Å². The summed E-state index contributed by atoms with van der Waals surface area (Å²) in [5.41, 5.74) is 2.16. The number of nitrogens with one attached hydrogen (secondary N) is 2. The lowest BCUT2D eigenvalue weighted by Crippen LogP contribution is -2.27. The van der Waals surface area contributed by atoms with E-state index in [1.807, 2.05) is 24.4 Å². The van der Waals surface area contributed by atoms with E-state index in [-0.39, 0.29) is 6.09 Å². The van der Waals surface area contributed by atoms with Crippen molar-refractivity contribution in [3.8, 4) is 5.75 Å². The van der Waals surface area contributed by atoms with E-state index in [2.05, 4.69) is 36.2 Å². The van der Waals surface area contributed by atoms with Crippen LogP contribution in [0.25, 0.3) is 10.9 Å². The SMILES string of the molecule is CCCCCNC(=O)Oc1cccc2[nH]cc(CCN(C)C)c12. The number of rotatable bonds is 8. The molecule has 0 aliphatic heterocycles. The summed E-state index contributed by atoms with van der Waals surface area (Å²) >= 11 is 0. The second-order valence-electron chi connectivity index (χ2n) is 6.07. The van der Waals surface area contributed by atoms with Crippen LogP contribution in [0.2, 0.25) is 0 Å². The van der Waals surface area contributed by atoms with E-state index >= 15 is 0 Å². The van der Waals surface area contributed by atoms with Gasteiger partial charge in [0.25, 0.3) is 0 Å². The normalized spacial score (nSPS) is 11.1. The molecular weight excluding hydrogens is 290 g/mol. The van der Waals surface area contributed by atoms with E-state index in [0.717, 1.165) is 43.1 Å². The topological polar surface area (TPSA) is 57.4 Å². The standard InChI is InChI=1S/C18H27N3O2/c1-4-5-6-11-19-18(22)23-16-9-7-8-15-17(16)14(13-20-15)10-12-21(2)3/h7-9,13,20H,4-6,10-12H2,1-3H3,(H,19,22). The van der Waals surface area contributed by atoms with Crippen molar-refractivity contribution in [3.05, 3.63) is 30.0 Å². The Balaban J connectivity index is 2.07. The van der Waals surface area contributed by atoms with Gasteiger partial charge in [-0.1, -0.05) is 25.8 Å². The highest BCUT2D eigenvalue weighted by molar-refractivity contribution is 5.91. The number of ether oxygens (including phenoxy) is 1. The molecule has 1 amide bonds. The summed E-state index contributed by atoms with van der Waals surface area (Å²) in [4.78, 5) is 17.4. The molecular formula is C18H27N3O2. The molecule has 2 N–H and O–H groups in total. The highest BCUT2D eigenvalue weighted by atomic mass is 16.6. The van der Waals surface area contributed by atoms with E-state index < -0.39 is 0 Å². The molecule has 0 saturated carbocycles. The molecule has 2 rings (SSSR count). The first kappa shape index (κ1) is 17.3. The maximum absolute atomic E-state index is 12.0. The number of nitrogens with zero attached hydrogens (tertiary/aromatic N) is 1. The van der Waals surface area contributed by atoms with Crippen LogP contribution in [0.15, 0.2) is 24.4 Å². The number of aromatic amines is 1. The first-order valence-corrected chi connectivity index (χ1v) is 8.31. The number of hydrogen-bond acceptors (Lipinski definition) is 3. The van der Waals surface area contributed by atoms with Crippen LogP contribution in [0.3, 0.4) is 0 Å². The van der Waals surface area contributed by atoms with Crippen LogP contribution in [0.4, 0.5) is 4.79 Å². The molecule has 1 aromatic heterocycles. The molecule has 23 heavy (non-hydrogen) atoms. The Morgan fingerprint density at radius 3 is 2.87 bits per heavy atom. The van der Waals surface area contributed by atoms with Gasteiger partial charge < -0.3 is 19.9 Å². The van der Waals surface area contributed by atoms with Crippen molar-refractivity contribution < 1.29 is 9.53 Å². The molecule has 0 aliphatic carbocycles. The summed E-state index contributed by atoms with van der Waals surface area (Å²) in [5, 5.41) is 3.81. The highest BCUT2D eigenvalue weighted by Gasteiger charge is 2.12. The second-order valence-corrected chi connectivity index (χ2v) is 6.07. The zero-order chi connectivity index (χ0) is 16.7. The van der Waals surface area contributed by atoms with Crippen LogP contribution in [0.5, 0.6) is 5.75 Å². The lowest BCUT2D eigenvalue weighted by molar-refractivity contribution is 0.201. The molecule has 0 radical (unpaired) electrons. The fourth-order valence-corrected chi connectivity index (χ4v) is 2.55. The third-order valence-corrected chi connectivity index (χ3v) is 3.83. The Labute approximate surface area is 138 Å². The number of aromatic nitrogens is 1. The van der Waals surface area contributed by atoms with Crippen molar-refractivity contribution >= 4 is 17.0 Å². The van der Waals surface area contributed by atoms with Gasteiger partial charge in [-0.05, 0) is 44.6 Å². The summed E-state index contributed by atoms with van der Waals surface area (Å²) < 4.78 is 5.53. The van der Waals surface area contributed by atoms with Crippen molar-refractivity contribution in [2.45, 2.75) is 32.6 Å². The highest BCUT2D eigenvalue weighted by Crippen LogP contribution is 2.29. The van der Waals surface area contributed by atoms with Gasteiger partial charge in [0.15, 0.2) is 0 Å². The number of likely N-dealkylation sites (N-methyl/N-ethyl adjacent to an activating group) is 1. The number of fused-ring (bicyclic) bond motifs is 1. The fourth-order valence-electron chi connectivity index (χ4n) is 2.55. The molecule has 0 aliphatic rings. The first-order chi connectivity index (χ1) is 11.1. The molecule has 0 unspecified atom stereocenters. The van der Waals surface area contributed by atoms with Crippen LogP contribution in [0.1, 0.15) is 31.7 Å². The zero-order valence-corrected chi connectivity index (χ0v) is 14.3. The van der Waals surface area contributed by atoms with Gasteiger partial charge in [0.05, 0.1) is 0 Å². The van der Waals surface area contributed by atoms with Gasteiger partial charge in [0, 0.05) is 30.2 Å². The van der Waals surface area contributed by atoms with Gasteiger partial charge >= 0.3 is 6.09 Å². The minimum absolute atomic E-state index is 0.381. The number of amides is 1. The molecule has 0 bridgehead atoms. The molecule has 5 nitrogen and oxygen atoms in total. The van der Waals surface area contributed by atoms with Crippen LogP contribution in [0, 0.1) is 0 Å². The molecule has 0 atom stereocenters. The summed E-state index contributed by atoms with van der Waals surface area (Å²) in [6.45, 7) is 3.74. The van der Waals surface area contributed by atoms with Gasteiger partial charge in [-0.3, -0.25) is 0 Å². The maximum Gasteiger partial charge on any atom is 0.412 e. The Bertz CT molecular complexity index is 634. The van der Waals surface area contributed by atoms with E-state index in [4.69, 9.17) is 4.74 Å². The first-order valence-electron chi connectivity index (χ1n) is 8.31. The molecule has 2 aromatic rings. The van der Waals surface area contributed by atoms with Crippen molar-refractivity contribution in [1.29, 1.82) is 0 Å². The van der Waals surface area contributed by atoms with Gasteiger partial charge in [0.1, 0.15) is 5.75 Å². The molecule has 126 valence electrons. The molecule has 0 spiro atoms. The smallest absolute Gasteiger partial charge is 0.410 e. The van der Waals surface area contributed by atoms with Crippen LogP contribution >= 0.6 is 0 Å². The van der Waals surface area contributed by atoms with E-state index in [0.29, 0.717) is 12.3 Å². The Morgan fingerprint density at radius 2 is 2.13 bits per heavy atom. The lowest BCUT2D eigenvalue weighted by atomic mass is 10.1. The zero-order valence-electron chi connectivity index (χ0n) is 14.3. The summed E-state index contributed by atoms with van der Waals surface area (Å²) in [5.74, 6) is 0.616. The van der Waals surface area contributed by atoms with E-state index in [9.17, 15) is 4.79 Å². The fraction of sp³-hybridized carbons (Fsp3) is 0.500. The number of benzene rings is 1. The maximum atomic E-state index is 12.0. The molecule has 0 fully saturated rings. The molecule has 0 saturated heterocycles. The van der Waals surface area contributed by atoms with Gasteiger partial charge in [-0.15, -0.1) is 0 Å². The second kappa shape index (κ2) is 8.58. The molecule has 5 heteroatoms. The van der Waals surface area contributed by atoms with E-state index in [1.165, 1.54) is 5.56 Å². The van der Waals surface area contributed by atoms with Crippen molar-refractivity contribution in [2.75, 3.05) is 27.2 Å². The average molecular weight is 317 g/mol. The molecule has 1 heterocycles. The summed E-state index contributed by atoms with van der Waals surface area (Å²) in [6, 6.07) is 5.75. The predicted molar refractivity (Wildman–Crippen MR) is 94.1 cm³/mol. The average Bonchev–Trinajstić information content (AvgIpc) is 2.94. The Hall–Kier alpha value is -2.01. The van der Waals surface area contributed by atoms with Crippen molar-refractivity contribution in [3.63, 3.8) is 0 Å². The number of unbranched alkanes of at least 4 members (excludes halogenated alkanes) is 2. The van der Waals surface area contributed by atoms with Crippen molar-refractivity contribution in [2.24, 2.45) is 0 Å². The molecule has 1 aromatic carbocycles. The number of H-pyrrole nitrogens is 1. The number of carbonyl (C=O) groups excluding carboxylic acids is 1. The van der Waals surface area contributed by atoms with Crippen molar-refractivity contribution in [1.82, 2.24) is 15.2 Å². The lowest BCUT2D eigenvalue weighted by Gasteiger charge is -2.11. The summed E-state index contributed by atoms with van der Waals surface area (Å²) in [7, 11) is 4.10. The third kappa shape index (κ3) is 4.99. The number of carbonyl (C=O) groups is 1. The van der Waals surface area contributed by atoms with Crippen LogP contribution in [-0.4, -0.2) is 43.2 Å². The monoisotopic (exact) mass is 317 g/mol. The van der Waals surface area contributed by atoms with Gasteiger partial charge in [0.2, 0.25) is 0 Å². The van der Waals surface area contributed by atoms with Crippen LogP contribution < -0.4 is 10.1 Å². The minimum Gasteiger partial charge on any atom is -0.410 e. The van der Waals surface area contributed by atoms with E-state index in [1.54, 1.807) is 0 Å². The Kier molecular flexibility index (Phi) is 6.47. The Morgan fingerprint density at radius 1 is 1.30 bits per heavy atom. The predicted octanol–water partition coefficient (Wildman–Crippen LogP) is 3.55. The number of hydrogen-bond donors (Lipinski definition) is 2. The summed E-state index contributed by atoms with van der Waals surface area (Å²) in [6.07, 6.45) is 5.75. The van der Waals surface area contributed by atoms with Gasteiger partial charge in [-0.25, -0.2) is 4.79 Å². The quantitative estimate of drug-likeness (QED) is 0.732.